The Balaban J connectivity index is 1.60. The summed E-state index contributed by atoms with van der Waals surface area (Å²) in [6.45, 7) is 1.46. The largest absolute Gasteiger partial charge is 0.379 e. The molecule has 1 N–H and O–H groups in total. The number of imidazole rings is 1. The van der Waals surface area contributed by atoms with Gasteiger partial charge in [-0.05, 0) is 36.6 Å². The highest BCUT2D eigenvalue weighted by atomic mass is 16.5. The van der Waals surface area contributed by atoms with Gasteiger partial charge in [0.15, 0.2) is 0 Å². The minimum atomic E-state index is -0.107. The predicted octanol–water partition coefficient (Wildman–Crippen LogP) is 1.51. The average molecular weight is 339 g/mol. The van der Waals surface area contributed by atoms with Gasteiger partial charge in [-0.2, -0.15) is 0 Å². The molecule has 1 fully saturated rings. The van der Waals surface area contributed by atoms with Crippen LogP contribution in [0.15, 0.2) is 35.2 Å². The lowest BCUT2D eigenvalue weighted by Crippen LogP contribution is -2.46. The van der Waals surface area contributed by atoms with Gasteiger partial charge in [0, 0.05) is 20.7 Å². The molecule has 2 aliphatic rings. The number of nitrogens with one attached hydrogen (secondary N) is 1. The number of carbonyl (C=O) groups excluding carboxylic acids is 1. The second kappa shape index (κ2) is 6.33. The van der Waals surface area contributed by atoms with Crippen molar-refractivity contribution in [1.29, 1.82) is 0 Å². The Hall–Kier alpha value is -2.67. The number of nitrogens with zero attached hydrogens (tertiary/aromatic N) is 4. The van der Waals surface area contributed by atoms with Gasteiger partial charge in [-0.3, -0.25) is 9.69 Å². The summed E-state index contributed by atoms with van der Waals surface area (Å²) in [5.41, 5.74) is 3.32. The molecule has 0 radical (unpaired) electrons. The van der Waals surface area contributed by atoms with E-state index in [0.717, 1.165) is 36.0 Å². The summed E-state index contributed by atoms with van der Waals surface area (Å²) in [5, 5.41) is 3.32. The Bertz CT molecular complexity index is 877. The Kier molecular flexibility index (Phi) is 4.01. The molecule has 0 unspecified atom stereocenters. The third kappa shape index (κ3) is 3.02. The van der Waals surface area contributed by atoms with Gasteiger partial charge in [0.2, 0.25) is 5.96 Å². The van der Waals surface area contributed by atoms with Gasteiger partial charge in [0.05, 0.1) is 30.0 Å². The lowest BCUT2D eigenvalue weighted by atomic mass is 10.1. The molecule has 7 heteroatoms. The molecule has 0 aliphatic carbocycles. The lowest BCUT2D eigenvalue weighted by Gasteiger charge is -2.25. The summed E-state index contributed by atoms with van der Waals surface area (Å²) in [4.78, 5) is 22.9. The van der Waals surface area contributed by atoms with Crippen molar-refractivity contribution in [2.45, 2.75) is 18.9 Å². The van der Waals surface area contributed by atoms with E-state index in [1.807, 2.05) is 35.9 Å². The summed E-state index contributed by atoms with van der Waals surface area (Å²) < 4.78 is 7.44. The third-order valence-electron chi connectivity index (χ3n) is 4.61. The SMILES string of the molecule is CN1C(=O)/C(=C/c2ccc3ncn(C)c3c2)N=C1N[C@H]1CCCOC1. The number of aromatic nitrogens is 2. The van der Waals surface area contributed by atoms with Crippen molar-refractivity contribution in [2.75, 3.05) is 20.3 Å². The average Bonchev–Trinajstić information content (AvgIpc) is 3.12. The number of carbonyl (C=O) groups is 1. The van der Waals surface area contributed by atoms with E-state index >= 15 is 0 Å². The number of fused-ring (bicyclic) bond motifs is 1. The topological polar surface area (TPSA) is 71.8 Å². The molecular weight excluding hydrogens is 318 g/mol. The molecule has 25 heavy (non-hydrogen) atoms. The van der Waals surface area contributed by atoms with Crippen molar-refractivity contribution in [1.82, 2.24) is 19.8 Å². The molecule has 1 aromatic heterocycles. The van der Waals surface area contributed by atoms with Crippen LogP contribution < -0.4 is 5.32 Å². The summed E-state index contributed by atoms with van der Waals surface area (Å²) in [6.07, 6.45) is 5.65. The van der Waals surface area contributed by atoms with Crippen LogP contribution in [0.4, 0.5) is 0 Å². The number of rotatable bonds is 2. The van der Waals surface area contributed by atoms with Gasteiger partial charge in [0.25, 0.3) is 5.91 Å². The molecule has 3 heterocycles. The Labute approximate surface area is 146 Å². The molecule has 1 atom stereocenters. The van der Waals surface area contributed by atoms with Gasteiger partial charge in [-0.25, -0.2) is 9.98 Å². The van der Waals surface area contributed by atoms with E-state index in [0.29, 0.717) is 18.3 Å². The van der Waals surface area contributed by atoms with E-state index in [1.165, 1.54) is 0 Å². The lowest BCUT2D eigenvalue weighted by molar-refractivity contribution is -0.121. The molecule has 1 saturated heterocycles. The number of hydrogen-bond acceptors (Lipinski definition) is 5. The zero-order chi connectivity index (χ0) is 17.4. The molecule has 2 aliphatic heterocycles. The summed E-state index contributed by atoms with van der Waals surface area (Å²) in [5.74, 6) is 0.484. The summed E-state index contributed by atoms with van der Waals surface area (Å²) in [6, 6.07) is 6.12. The van der Waals surface area contributed by atoms with Crippen LogP contribution in [0.3, 0.4) is 0 Å². The minimum Gasteiger partial charge on any atom is -0.379 e. The molecule has 1 aromatic carbocycles. The fourth-order valence-electron chi connectivity index (χ4n) is 3.16. The molecule has 1 amide bonds. The first-order chi connectivity index (χ1) is 12.1. The normalized spacial score (nSPS) is 22.7. The Morgan fingerprint density at radius 3 is 3.04 bits per heavy atom. The van der Waals surface area contributed by atoms with E-state index in [-0.39, 0.29) is 11.9 Å². The van der Waals surface area contributed by atoms with E-state index < -0.39 is 0 Å². The van der Waals surface area contributed by atoms with Crippen LogP contribution in [0.25, 0.3) is 17.1 Å². The first-order valence-corrected chi connectivity index (χ1v) is 8.45. The van der Waals surface area contributed by atoms with Gasteiger partial charge >= 0.3 is 0 Å². The monoisotopic (exact) mass is 339 g/mol. The first kappa shape index (κ1) is 15.8. The van der Waals surface area contributed by atoms with Crippen molar-refractivity contribution < 1.29 is 9.53 Å². The van der Waals surface area contributed by atoms with E-state index in [9.17, 15) is 4.79 Å². The fraction of sp³-hybridized carbons (Fsp3) is 0.389. The maximum atomic E-state index is 12.5. The highest BCUT2D eigenvalue weighted by Crippen LogP contribution is 2.20. The second-order valence-corrected chi connectivity index (χ2v) is 6.49. The van der Waals surface area contributed by atoms with Crippen molar-refractivity contribution in [3.05, 3.63) is 35.8 Å². The van der Waals surface area contributed by atoms with Crippen molar-refractivity contribution in [2.24, 2.45) is 12.0 Å². The van der Waals surface area contributed by atoms with Gasteiger partial charge in [0.1, 0.15) is 5.70 Å². The maximum Gasteiger partial charge on any atom is 0.279 e. The van der Waals surface area contributed by atoms with Crippen LogP contribution >= 0.6 is 0 Å². The number of guanidine groups is 1. The maximum absolute atomic E-state index is 12.5. The van der Waals surface area contributed by atoms with Crippen molar-refractivity contribution >= 4 is 29.0 Å². The van der Waals surface area contributed by atoms with Crippen LogP contribution in [0.1, 0.15) is 18.4 Å². The van der Waals surface area contributed by atoms with Gasteiger partial charge in [-0.15, -0.1) is 0 Å². The number of ether oxygens (including phenoxy) is 1. The van der Waals surface area contributed by atoms with E-state index in [2.05, 4.69) is 15.3 Å². The summed E-state index contributed by atoms with van der Waals surface area (Å²) in [7, 11) is 3.69. The smallest absolute Gasteiger partial charge is 0.279 e. The molecule has 130 valence electrons. The molecule has 0 spiro atoms. The molecule has 0 saturated carbocycles. The molecule has 2 aromatic rings. The molecular formula is C18H21N5O2. The minimum absolute atomic E-state index is 0.107. The number of aryl methyl sites for hydroxylation is 1. The zero-order valence-corrected chi connectivity index (χ0v) is 14.4. The number of likely N-dealkylation sites (N-methyl/N-ethyl adjacent to an activating group) is 1. The van der Waals surface area contributed by atoms with E-state index in [1.54, 1.807) is 18.3 Å². The number of hydrogen-bond donors (Lipinski definition) is 1. The molecule has 7 nitrogen and oxygen atoms in total. The molecule has 4 rings (SSSR count). The van der Waals surface area contributed by atoms with Crippen LogP contribution in [0.5, 0.6) is 0 Å². The Morgan fingerprint density at radius 2 is 2.24 bits per heavy atom. The second-order valence-electron chi connectivity index (χ2n) is 6.49. The number of aliphatic imine (C=N–C) groups is 1. The fourth-order valence-corrected chi connectivity index (χ4v) is 3.16. The standard InChI is InChI=1S/C18H21N5O2/c1-22-11-19-14-6-5-12(9-16(14)22)8-15-17(24)23(2)18(21-15)20-13-4-3-7-25-10-13/h5-6,8-9,11,13H,3-4,7,10H2,1-2H3,(H,20,21)/b15-8-/t13-/m0/s1. The highest BCUT2D eigenvalue weighted by molar-refractivity contribution is 6.13. The molecule has 0 bridgehead atoms. The quantitative estimate of drug-likeness (QED) is 0.842. The summed E-state index contributed by atoms with van der Waals surface area (Å²) >= 11 is 0. The van der Waals surface area contributed by atoms with E-state index in [4.69, 9.17) is 4.74 Å². The number of benzene rings is 1. The van der Waals surface area contributed by atoms with Crippen molar-refractivity contribution in [3.8, 4) is 0 Å². The van der Waals surface area contributed by atoms with Crippen molar-refractivity contribution in [3.63, 3.8) is 0 Å². The van der Waals surface area contributed by atoms with Crippen LogP contribution in [0, 0.1) is 0 Å². The van der Waals surface area contributed by atoms with Gasteiger partial charge < -0.3 is 14.6 Å². The van der Waals surface area contributed by atoms with Gasteiger partial charge in [-0.1, -0.05) is 6.07 Å². The van der Waals surface area contributed by atoms with Crippen LogP contribution in [-0.2, 0) is 16.6 Å². The highest BCUT2D eigenvalue weighted by Gasteiger charge is 2.29. The zero-order valence-electron chi connectivity index (χ0n) is 14.4. The predicted molar refractivity (Wildman–Crippen MR) is 95.9 cm³/mol. The number of amides is 1. The van der Waals surface area contributed by atoms with Crippen LogP contribution in [-0.4, -0.2) is 52.6 Å². The Morgan fingerprint density at radius 1 is 1.36 bits per heavy atom. The first-order valence-electron chi connectivity index (χ1n) is 8.45. The van der Waals surface area contributed by atoms with Crippen LogP contribution in [0.2, 0.25) is 0 Å². The third-order valence-corrected chi connectivity index (χ3v) is 4.61.